The van der Waals surface area contributed by atoms with Crippen LogP contribution in [-0.4, -0.2) is 52.7 Å². The lowest BCUT2D eigenvalue weighted by Gasteiger charge is -2.28. The summed E-state index contributed by atoms with van der Waals surface area (Å²) >= 11 is 0. The third kappa shape index (κ3) is 3.68. The first-order chi connectivity index (χ1) is 16.2. The van der Waals surface area contributed by atoms with Crippen LogP contribution in [0, 0.1) is 25.6 Å². The molecule has 1 aliphatic heterocycles. The van der Waals surface area contributed by atoms with E-state index in [0.717, 1.165) is 25.0 Å². The lowest BCUT2D eigenvalue weighted by molar-refractivity contribution is 0.0695. The average Bonchev–Trinajstić information content (AvgIpc) is 3.36. The molecule has 3 aromatic rings. The quantitative estimate of drug-likeness (QED) is 0.586. The standard InChI is InChI=1S/C25H29FN4O4/c1-13-10-27-24(34-13)22(28(3)4)15-7-8-29(11-15)21-14(2)20-17(9-19(21)26)23(31)18(25(32)33)12-30(20)16-5-6-16/h9-10,12,15-16,22H,5-8,11H2,1-4H3,(H,32,33). The summed E-state index contributed by atoms with van der Waals surface area (Å²) < 4.78 is 23.2. The molecule has 9 heteroatoms. The number of anilines is 1. The van der Waals surface area contributed by atoms with Gasteiger partial charge in [-0.1, -0.05) is 0 Å². The number of benzene rings is 1. The molecule has 0 amide bonds. The van der Waals surface area contributed by atoms with Crippen LogP contribution in [0.25, 0.3) is 10.9 Å². The van der Waals surface area contributed by atoms with Gasteiger partial charge >= 0.3 is 5.97 Å². The van der Waals surface area contributed by atoms with Crippen molar-refractivity contribution < 1.29 is 18.7 Å². The Bertz CT molecular complexity index is 1340. The molecule has 8 nitrogen and oxygen atoms in total. The normalized spacial score (nSPS) is 19.4. The molecule has 1 aliphatic carbocycles. The summed E-state index contributed by atoms with van der Waals surface area (Å²) in [4.78, 5) is 33.1. The van der Waals surface area contributed by atoms with Crippen LogP contribution in [0.5, 0.6) is 0 Å². The smallest absolute Gasteiger partial charge is 0.341 e. The molecule has 34 heavy (non-hydrogen) atoms. The van der Waals surface area contributed by atoms with Crippen molar-refractivity contribution in [2.75, 3.05) is 32.1 Å². The fourth-order valence-corrected chi connectivity index (χ4v) is 5.45. The van der Waals surface area contributed by atoms with E-state index in [1.807, 2.05) is 37.4 Å². The first-order valence-electron chi connectivity index (χ1n) is 11.6. The van der Waals surface area contributed by atoms with Gasteiger partial charge in [0.1, 0.15) is 17.1 Å². The van der Waals surface area contributed by atoms with Crippen molar-refractivity contribution in [2.45, 2.75) is 45.2 Å². The molecule has 0 radical (unpaired) electrons. The number of hydrogen-bond donors (Lipinski definition) is 1. The largest absolute Gasteiger partial charge is 0.477 e. The second kappa shape index (κ2) is 8.23. The highest BCUT2D eigenvalue weighted by molar-refractivity contribution is 5.95. The number of halogens is 1. The zero-order chi connectivity index (χ0) is 24.3. The van der Waals surface area contributed by atoms with Gasteiger partial charge in [0.25, 0.3) is 0 Å². The SMILES string of the molecule is Cc1cnc(C(C2CCN(c3c(F)cc4c(=O)c(C(=O)O)cn(C5CC5)c4c3C)C2)N(C)C)o1. The topological polar surface area (TPSA) is 91.8 Å². The van der Waals surface area contributed by atoms with E-state index in [4.69, 9.17) is 4.42 Å². The number of oxazole rings is 1. The molecule has 1 saturated carbocycles. The first kappa shape index (κ1) is 22.6. The number of aryl methyl sites for hydroxylation is 2. The van der Waals surface area contributed by atoms with Crippen LogP contribution in [0.3, 0.4) is 0 Å². The summed E-state index contributed by atoms with van der Waals surface area (Å²) in [6.45, 7) is 4.98. The molecule has 0 spiro atoms. The molecule has 0 bridgehead atoms. The van der Waals surface area contributed by atoms with Gasteiger partial charge in [0.2, 0.25) is 11.3 Å². The monoisotopic (exact) mass is 468 g/mol. The van der Waals surface area contributed by atoms with E-state index in [0.29, 0.717) is 35.7 Å². The average molecular weight is 469 g/mol. The molecule has 2 aliphatic rings. The number of rotatable bonds is 6. The van der Waals surface area contributed by atoms with E-state index in [1.165, 1.54) is 12.3 Å². The fraction of sp³-hybridized carbons (Fsp3) is 0.480. The molecule has 2 unspecified atom stereocenters. The molecule has 1 N–H and O–H groups in total. The van der Waals surface area contributed by atoms with Gasteiger partial charge in [-0.2, -0.15) is 0 Å². The third-order valence-corrected chi connectivity index (χ3v) is 7.09. The Labute approximate surface area is 196 Å². The number of pyridine rings is 1. The van der Waals surface area contributed by atoms with E-state index in [2.05, 4.69) is 9.88 Å². The van der Waals surface area contributed by atoms with Crippen LogP contribution >= 0.6 is 0 Å². The Kier molecular flexibility index (Phi) is 5.47. The van der Waals surface area contributed by atoms with Gasteiger partial charge in [0.15, 0.2) is 0 Å². The number of nitrogens with zero attached hydrogens (tertiary/aromatic N) is 4. The highest BCUT2D eigenvalue weighted by atomic mass is 19.1. The molecule has 2 fully saturated rings. The van der Waals surface area contributed by atoms with Gasteiger partial charge < -0.3 is 19.0 Å². The van der Waals surface area contributed by atoms with Crippen molar-refractivity contribution in [3.8, 4) is 0 Å². The first-order valence-corrected chi connectivity index (χ1v) is 11.6. The van der Waals surface area contributed by atoms with Crippen LogP contribution in [0.1, 0.15) is 58.9 Å². The number of aromatic carboxylic acids is 1. The van der Waals surface area contributed by atoms with Crippen molar-refractivity contribution in [3.63, 3.8) is 0 Å². The van der Waals surface area contributed by atoms with Crippen LogP contribution in [0.4, 0.5) is 10.1 Å². The summed E-state index contributed by atoms with van der Waals surface area (Å²) in [6, 6.07) is 1.32. The van der Waals surface area contributed by atoms with Crippen LogP contribution in [0.2, 0.25) is 0 Å². The Hall–Kier alpha value is -3.20. The number of carboxylic acids is 1. The van der Waals surface area contributed by atoms with E-state index >= 15 is 4.39 Å². The highest BCUT2D eigenvalue weighted by Gasteiger charge is 2.37. The third-order valence-electron chi connectivity index (χ3n) is 7.09. The van der Waals surface area contributed by atoms with Crippen molar-refractivity contribution >= 4 is 22.6 Å². The van der Waals surface area contributed by atoms with Crippen molar-refractivity contribution in [3.05, 3.63) is 57.3 Å². The Balaban J connectivity index is 1.57. The predicted molar refractivity (Wildman–Crippen MR) is 126 cm³/mol. The van der Waals surface area contributed by atoms with E-state index in [9.17, 15) is 14.7 Å². The van der Waals surface area contributed by atoms with Gasteiger partial charge in [-0.25, -0.2) is 14.2 Å². The number of aromatic nitrogens is 2. The summed E-state index contributed by atoms with van der Waals surface area (Å²) in [7, 11) is 3.98. The molecule has 1 saturated heterocycles. The van der Waals surface area contributed by atoms with Gasteiger partial charge in [0.05, 0.1) is 23.4 Å². The summed E-state index contributed by atoms with van der Waals surface area (Å²) in [5.74, 6) is -0.188. The van der Waals surface area contributed by atoms with Crippen LogP contribution < -0.4 is 10.3 Å². The van der Waals surface area contributed by atoms with E-state index in [1.54, 1.807) is 6.20 Å². The highest BCUT2D eigenvalue weighted by Crippen LogP contribution is 2.42. The van der Waals surface area contributed by atoms with Gasteiger partial charge in [-0.3, -0.25) is 9.69 Å². The Morgan fingerprint density at radius 3 is 2.62 bits per heavy atom. The van der Waals surface area contributed by atoms with Crippen LogP contribution in [0.15, 0.2) is 27.7 Å². The maximum atomic E-state index is 15.5. The van der Waals surface area contributed by atoms with Crippen molar-refractivity contribution in [1.82, 2.24) is 14.5 Å². The molecule has 2 atom stereocenters. The lowest BCUT2D eigenvalue weighted by atomic mass is 9.98. The number of carbonyl (C=O) groups is 1. The molecule has 180 valence electrons. The van der Waals surface area contributed by atoms with Gasteiger partial charge in [0, 0.05) is 36.6 Å². The minimum absolute atomic E-state index is 0.0368. The van der Waals surface area contributed by atoms with Crippen LogP contribution in [-0.2, 0) is 0 Å². The molecular formula is C25H29FN4O4. The molecule has 1 aromatic carbocycles. The number of carboxylic acid groups (broad SMARTS) is 1. The van der Waals surface area contributed by atoms with E-state index in [-0.39, 0.29) is 29.0 Å². The van der Waals surface area contributed by atoms with Crippen molar-refractivity contribution in [1.29, 1.82) is 0 Å². The van der Waals surface area contributed by atoms with Crippen molar-refractivity contribution in [2.24, 2.45) is 5.92 Å². The zero-order valence-electron chi connectivity index (χ0n) is 19.8. The Morgan fingerprint density at radius 2 is 2.03 bits per heavy atom. The molecular weight excluding hydrogens is 439 g/mol. The summed E-state index contributed by atoms with van der Waals surface area (Å²) in [5, 5.41) is 9.63. The molecule has 3 heterocycles. The minimum Gasteiger partial charge on any atom is -0.477 e. The zero-order valence-corrected chi connectivity index (χ0v) is 19.8. The second-order valence-corrected chi connectivity index (χ2v) is 9.76. The van der Waals surface area contributed by atoms with E-state index < -0.39 is 17.2 Å². The maximum Gasteiger partial charge on any atom is 0.341 e. The number of fused-ring (bicyclic) bond motifs is 1. The maximum absolute atomic E-state index is 15.5. The van der Waals surface area contributed by atoms with Gasteiger partial charge in [-0.05, 0) is 58.8 Å². The minimum atomic E-state index is -1.29. The molecule has 5 rings (SSSR count). The van der Waals surface area contributed by atoms with Gasteiger partial charge in [-0.15, -0.1) is 0 Å². The summed E-state index contributed by atoms with van der Waals surface area (Å²) in [6.07, 6.45) is 5.81. The lowest BCUT2D eigenvalue weighted by Crippen LogP contribution is -2.31. The molecule has 2 aromatic heterocycles. The fourth-order valence-electron chi connectivity index (χ4n) is 5.45. The summed E-state index contributed by atoms with van der Waals surface area (Å²) in [5.41, 5.74) is 0.823. The second-order valence-electron chi connectivity index (χ2n) is 9.76. The predicted octanol–water partition coefficient (Wildman–Crippen LogP) is 3.91. The Morgan fingerprint density at radius 1 is 1.29 bits per heavy atom. The number of hydrogen-bond acceptors (Lipinski definition) is 6.